The van der Waals surface area contributed by atoms with Crippen LogP contribution in [0.3, 0.4) is 0 Å². The van der Waals surface area contributed by atoms with Gasteiger partial charge in [0.15, 0.2) is 0 Å². The Balaban J connectivity index is 1.84. The largest absolute Gasteiger partial charge is 0.352 e. The van der Waals surface area contributed by atoms with Crippen LogP contribution in [0.15, 0.2) is 78.9 Å². The number of hydrogen-bond donors (Lipinski definition) is 1. The Morgan fingerprint density at radius 1 is 0.917 bits per heavy atom. The lowest BCUT2D eigenvalue weighted by molar-refractivity contribution is -0.139. The molecule has 0 aliphatic carbocycles. The number of benzene rings is 3. The van der Waals surface area contributed by atoms with E-state index in [2.05, 4.69) is 36.5 Å². The van der Waals surface area contributed by atoms with Crippen LogP contribution >= 0.6 is 23.4 Å². The van der Waals surface area contributed by atoms with Crippen molar-refractivity contribution in [3.63, 3.8) is 0 Å². The number of nitrogens with zero attached hydrogens (tertiary/aromatic N) is 1. The minimum atomic E-state index is -0.621. The van der Waals surface area contributed by atoms with E-state index in [1.54, 1.807) is 16.7 Å². The quantitative estimate of drug-likeness (QED) is 0.298. The third kappa shape index (κ3) is 8.72. The van der Waals surface area contributed by atoms with Gasteiger partial charge < -0.3 is 10.2 Å². The van der Waals surface area contributed by atoms with E-state index in [0.717, 1.165) is 23.3 Å². The lowest BCUT2D eigenvalue weighted by atomic mass is 10.0. The second kappa shape index (κ2) is 14.1. The van der Waals surface area contributed by atoms with Crippen LogP contribution in [0.4, 0.5) is 0 Å². The van der Waals surface area contributed by atoms with Crippen LogP contribution in [0.25, 0.3) is 0 Å². The summed E-state index contributed by atoms with van der Waals surface area (Å²) < 4.78 is 0. The minimum absolute atomic E-state index is 0.0270. The molecule has 190 valence electrons. The number of nitrogens with one attached hydrogen (secondary N) is 1. The van der Waals surface area contributed by atoms with Crippen molar-refractivity contribution in [2.24, 2.45) is 0 Å². The number of carbonyl (C=O) groups excluding carboxylic acids is 2. The van der Waals surface area contributed by atoms with E-state index in [0.29, 0.717) is 23.7 Å². The third-order valence-electron chi connectivity index (χ3n) is 6.15. The smallest absolute Gasteiger partial charge is 0.243 e. The molecule has 0 fully saturated rings. The average Bonchev–Trinajstić information content (AvgIpc) is 2.88. The van der Waals surface area contributed by atoms with Crippen molar-refractivity contribution in [3.8, 4) is 0 Å². The molecule has 3 aromatic rings. The molecule has 0 aliphatic heterocycles. The van der Waals surface area contributed by atoms with Crippen molar-refractivity contribution < 1.29 is 9.59 Å². The van der Waals surface area contributed by atoms with Crippen molar-refractivity contribution in [2.45, 2.75) is 58.0 Å². The van der Waals surface area contributed by atoms with Gasteiger partial charge in [-0.25, -0.2) is 0 Å². The number of amides is 2. The van der Waals surface area contributed by atoms with Crippen LogP contribution in [0.1, 0.15) is 42.5 Å². The summed E-state index contributed by atoms with van der Waals surface area (Å²) in [5.41, 5.74) is 4.34. The van der Waals surface area contributed by atoms with Gasteiger partial charge in [0.05, 0.1) is 5.75 Å². The summed E-state index contributed by atoms with van der Waals surface area (Å²) in [6, 6.07) is 25.1. The van der Waals surface area contributed by atoms with E-state index >= 15 is 0 Å². The summed E-state index contributed by atoms with van der Waals surface area (Å²) in [6.07, 6.45) is 1.27. The van der Waals surface area contributed by atoms with E-state index in [9.17, 15) is 9.59 Å². The van der Waals surface area contributed by atoms with Crippen LogP contribution in [0, 0.1) is 6.92 Å². The lowest BCUT2D eigenvalue weighted by Gasteiger charge is -2.32. The van der Waals surface area contributed by atoms with Gasteiger partial charge in [0.2, 0.25) is 11.8 Å². The standard InChI is InChI=1S/C30H35ClN2O2S/c1-4-23(3)32-30(35)28(18-24-8-6-5-7-9-24)33(19-25-14-16-27(31)17-15-25)29(34)21-36-20-26-12-10-22(2)11-13-26/h5-17,23,28H,4,18-21H2,1-3H3,(H,32,35)/t23-,28-/m0/s1. The number of halogens is 1. The monoisotopic (exact) mass is 522 g/mol. The maximum atomic E-state index is 13.6. The minimum Gasteiger partial charge on any atom is -0.352 e. The lowest BCUT2D eigenvalue weighted by Crippen LogP contribution is -2.52. The fourth-order valence-corrected chi connectivity index (χ4v) is 4.80. The molecule has 0 heterocycles. The zero-order chi connectivity index (χ0) is 25.9. The molecule has 0 saturated carbocycles. The predicted molar refractivity (Wildman–Crippen MR) is 151 cm³/mol. The summed E-state index contributed by atoms with van der Waals surface area (Å²) in [5, 5.41) is 3.75. The number of carbonyl (C=O) groups is 2. The van der Waals surface area contributed by atoms with E-state index in [4.69, 9.17) is 11.6 Å². The van der Waals surface area contributed by atoms with Crippen LogP contribution in [0.5, 0.6) is 0 Å². The van der Waals surface area contributed by atoms with Crippen LogP contribution in [-0.4, -0.2) is 34.6 Å². The Labute approximate surface area is 224 Å². The maximum Gasteiger partial charge on any atom is 0.243 e. The molecule has 3 aromatic carbocycles. The molecule has 2 atom stereocenters. The summed E-state index contributed by atoms with van der Waals surface area (Å²) in [7, 11) is 0. The van der Waals surface area contributed by atoms with Gasteiger partial charge in [-0.3, -0.25) is 9.59 Å². The van der Waals surface area contributed by atoms with Crippen LogP contribution in [0.2, 0.25) is 5.02 Å². The zero-order valence-electron chi connectivity index (χ0n) is 21.2. The Morgan fingerprint density at radius 3 is 2.19 bits per heavy atom. The first-order chi connectivity index (χ1) is 17.4. The molecule has 1 N–H and O–H groups in total. The molecule has 0 aliphatic rings. The molecule has 3 rings (SSSR count). The van der Waals surface area contributed by atoms with Crippen molar-refractivity contribution >= 4 is 35.2 Å². The highest BCUT2D eigenvalue weighted by Crippen LogP contribution is 2.20. The molecule has 0 aromatic heterocycles. The second-order valence-electron chi connectivity index (χ2n) is 9.15. The number of rotatable bonds is 12. The summed E-state index contributed by atoms with van der Waals surface area (Å²) in [6.45, 7) is 6.43. The van der Waals surface area contributed by atoms with Crippen molar-refractivity contribution in [1.29, 1.82) is 0 Å². The third-order valence-corrected chi connectivity index (χ3v) is 7.39. The molecule has 4 nitrogen and oxygen atoms in total. The molecule has 0 radical (unpaired) electrons. The maximum absolute atomic E-state index is 13.6. The zero-order valence-corrected chi connectivity index (χ0v) is 22.8. The molecule has 6 heteroatoms. The SMILES string of the molecule is CC[C@H](C)NC(=O)[C@H](Cc1ccccc1)N(Cc1ccc(Cl)cc1)C(=O)CSCc1ccc(C)cc1. The first-order valence-electron chi connectivity index (χ1n) is 12.4. The van der Waals surface area contributed by atoms with Crippen molar-refractivity contribution in [2.75, 3.05) is 5.75 Å². The fraction of sp³-hybridized carbons (Fsp3) is 0.333. The van der Waals surface area contributed by atoms with Gasteiger partial charge in [0, 0.05) is 29.8 Å². The Bertz CT molecular complexity index is 1100. The van der Waals surface area contributed by atoms with Gasteiger partial charge in [-0.15, -0.1) is 11.8 Å². The highest BCUT2D eigenvalue weighted by Gasteiger charge is 2.30. The number of thioether (sulfide) groups is 1. The summed E-state index contributed by atoms with van der Waals surface area (Å²) >= 11 is 7.66. The average molecular weight is 523 g/mol. The molecule has 0 saturated heterocycles. The van der Waals surface area contributed by atoms with E-state index in [-0.39, 0.29) is 17.9 Å². The van der Waals surface area contributed by atoms with Gasteiger partial charge in [-0.2, -0.15) is 0 Å². The number of hydrogen-bond acceptors (Lipinski definition) is 3. The van der Waals surface area contributed by atoms with Crippen molar-refractivity contribution in [3.05, 3.63) is 106 Å². The van der Waals surface area contributed by atoms with Gasteiger partial charge in [-0.1, -0.05) is 90.8 Å². The second-order valence-corrected chi connectivity index (χ2v) is 10.6. The topological polar surface area (TPSA) is 49.4 Å². The normalized spacial score (nSPS) is 12.6. The highest BCUT2D eigenvalue weighted by molar-refractivity contribution is 7.99. The molecule has 36 heavy (non-hydrogen) atoms. The summed E-state index contributed by atoms with van der Waals surface area (Å²) in [4.78, 5) is 28.9. The highest BCUT2D eigenvalue weighted by atomic mass is 35.5. The van der Waals surface area contributed by atoms with Gasteiger partial charge in [0.25, 0.3) is 0 Å². The van der Waals surface area contributed by atoms with Gasteiger partial charge in [-0.05, 0) is 49.1 Å². The van der Waals surface area contributed by atoms with E-state index in [1.165, 1.54) is 11.1 Å². The van der Waals surface area contributed by atoms with Crippen molar-refractivity contribution in [1.82, 2.24) is 10.2 Å². The first kappa shape index (κ1) is 27.8. The Kier molecular flexibility index (Phi) is 10.9. The fourth-order valence-electron chi connectivity index (χ4n) is 3.80. The number of aryl methyl sites for hydroxylation is 1. The molecular formula is C30H35ClN2O2S. The molecule has 0 bridgehead atoms. The Morgan fingerprint density at radius 2 is 1.56 bits per heavy atom. The molecular weight excluding hydrogens is 488 g/mol. The van der Waals surface area contributed by atoms with Gasteiger partial charge in [0.1, 0.15) is 6.04 Å². The molecule has 0 unspecified atom stereocenters. The van der Waals surface area contributed by atoms with E-state index < -0.39 is 6.04 Å². The summed E-state index contributed by atoms with van der Waals surface area (Å²) in [5.74, 6) is 0.855. The molecule has 2 amide bonds. The first-order valence-corrected chi connectivity index (χ1v) is 13.9. The Hall–Kier alpha value is -2.76. The van der Waals surface area contributed by atoms with Crippen LogP contribution < -0.4 is 5.32 Å². The van der Waals surface area contributed by atoms with Gasteiger partial charge >= 0.3 is 0 Å². The predicted octanol–water partition coefficient (Wildman–Crippen LogP) is 6.44. The van der Waals surface area contributed by atoms with Crippen LogP contribution in [-0.2, 0) is 28.3 Å². The van der Waals surface area contributed by atoms with E-state index in [1.807, 2.05) is 68.4 Å². The molecule has 0 spiro atoms.